The molecule has 1 aliphatic rings. The second-order valence-electron chi connectivity index (χ2n) is 6.67. The Morgan fingerprint density at radius 2 is 1.96 bits per heavy atom. The van der Waals surface area contributed by atoms with Gasteiger partial charge in [-0.1, -0.05) is 12.1 Å². The molecule has 1 saturated heterocycles. The fourth-order valence-electron chi connectivity index (χ4n) is 3.31. The van der Waals surface area contributed by atoms with Crippen molar-refractivity contribution in [3.05, 3.63) is 53.9 Å². The van der Waals surface area contributed by atoms with Crippen molar-refractivity contribution in [3.8, 4) is 0 Å². The summed E-state index contributed by atoms with van der Waals surface area (Å²) in [6.45, 7) is 8.47. The molecule has 1 aromatic carbocycles. The van der Waals surface area contributed by atoms with Crippen LogP contribution in [-0.2, 0) is 0 Å². The lowest BCUT2D eigenvalue weighted by Gasteiger charge is -2.34. The first kappa shape index (κ1) is 16.8. The van der Waals surface area contributed by atoms with Crippen molar-refractivity contribution < 1.29 is 0 Å². The average molecular weight is 324 g/mol. The maximum atomic E-state index is 4.12. The molecule has 0 radical (unpaired) electrons. The monoisotopic (exact) mass is 324 g/mol. The van der Waals surface area contributed by atoms with E-state index in [1.807, 2.05) is 18.5 Å². The lowest BCUT2D eigenvalue weighted by atomic mass is 10.0. The molecule has 1 aliphatic heterocycles. The van der Waals surface area contributed by atoms with Crippen LogP contribution in [-0.4, -0.2) is 37.2 Å². The highest BCUT2D eigenvalue weighted by atomic mass is 15.1. The number of nitrogens with zero attached hydrogens (tertiary/aromatic N) is 2. The molecule has 4 nitrogen and oxygen atoms in total. The van der Waals surface area contributed by atoms with Gasteiger partial charge in [-0.05, 0) is 56.0 Å². The van der Waals surface area contributed by atoms with E-state index in [2.05, 4.69) is 58.6 Å². The summed E-state index contributed by atoms with van der Waals surface area (Å²) in [5, 5.41) is 7.17. The van der Waals surface area contributed by atoms with Gasteiger partial charge < -0.3 is 15.5 Å². The molecule has 0 atom stereocenters. The Morgan fingerprint density at radius 3 is 2.71 bits per heavy atom. The molecule has 1 aromatic heterocycles. The first-order valence-corrected chi connectivity index (χ1v) is 8.92. The van der Waals surface area contributed by atoms with Crippen molar-refractivity contribution in [3.63, 3.8) is 0 Å². The van der Waals surface area contributed by atoms with Crippen LogP contribution in [0, 0.1) is 13.8 Å². The van der Waals surface area contributed by atoms with Gasteiger partial charge in [-0.25, -0.2) is 0 Å². The van der Waals surface area contributed by atoms with Crippen LogP contribution in [0.25, 0.3) is 0 Å². The SMILES string of the molecule is Cc1cccc(N2CCC(NCCNc3ccncc3C)CC2)c1. The molecule has 2 aromatic rings. The maximum absolute atomic E-state index is 4.12. The minimum atomic E-state index is 0.631. The van der Waals surface area contributed by atoms with Gasteiger partial charge in [0.1, 0.15) is 0 Å². The number of rotatable bonds is 6. The van der Waals surface area contributed by atoms with Gasteiger partial charge in [0, 0.05) is 56.0 Å². The molecule has 0 amide bonds. The van der Waals surface area contributed by atoms with Crippen LogP contribution in [0.2, 0.25) is 0 Å². The van der Waals surface area contributed by atoms with Crippen molar-refractivity contribution in [1.82, 2.24) is 10.3 Å². The molecule has 0 saturated carbocycles. The normalized spacial score (nSPS) is 15.5. The Hall–Kier alpha value is -2.07. The van der Waals surface area contributed by atoms with Crippen molar-refractivity contribution in [2.24, 2.45) is 0 Å². The lowest BCUT2D eigenvalue weighted by molar-refractivity contribution is 0.421. The number of benzene rings is 1. The first-order valence-electron chi connectivity index (χ1n) is 8.92. The topological polar surface area (TPSA) is 40.2 Å². The van der Waals surface area contributed by atoms with Crippen LogP contribution in [0.3, 0.4) is 0 Å². The van der Waals surface area contributed by atoms with Gasteiger partial charge in [-0.3, -0.25) is 4.98 Å². The molecular formula is C20H28N4. The summed E-state index contributed by atoms with van der Waals surface area (Å²) in [6, 6.07) is 11.5. The van der Waals surface area contributed by atoms with Crippen LogP contribution in [0.1, 0.15) is 24.0 Å². The predicted octanol–water partition coefficient (Wildman–Crippen LogP) is 3.37. The second-order valence-corrected chi connectivity index (χ2v) is 6.67. The Bertz CT molecular complexity index is 648. The summed E-state index contributed by atoms with van der Waals surface area (Å²) in [5.41, 5.74) is 5.08. The molecule has 24 heavy (non-hydrogen) atoms. The van der Waals surface area contributed by atoms with Crippen molar-refractivity contribution in [2.45, 2.75) is 32.7 Å². The van der Waals surface area contributed by atoms with Gasteiger partial charge in [0.15, 0.2) is 0 Å². The number of piperidine rings is 1. The van der Waals surface area contributed by atoms with Crippen molar-refractivity contribution in [2.75, 3.05) is 36.4 Å². The molecule has 0 unspecified atom stereocenters. The summed E-state index contributed by atoms with van der Waals surface area (Å²) in [5.74, 6) is 0. The molecule has 0 bridgehead atoms. The minimum absolute atomic E-state index is 0.631. The van der Waals surface area contributed by atoms with Gasteiger partial charge in [-0.2, -0.15) is 0 Å². The van der Waals surface area contributed by atoms with E-state index in [1.54, 1.807) is 0 Å². The van der Waals surface area contributed by atoms with E-state index in [4.69, 9.17) is 0 Å². The number of nitrogens with one attached hydrogen (secondary N) is 2. The lowest BCUT2D eigenvalue weighted by Crippen LogP contribution is -2.43. The zero-order valence-electron chi connectivity index (χ0n) is 14.8. The summed E-state index contributed by atoms with van der Waals surface area (Å²) < 4.78 is 0. The van der Waals surface area contributed by atoms with Crippen LogP contribution < -0.4 is 15.5 Å². The molecule has 2 N–H and O–H groups in total. The molecule has 0 aliphatic carbocycles. The standard InChI is InChI=1S/C20H28N4/c1-16-4-3-5-19(14-16)24-12-7-18(8-13-24)22-10-11-23-20-6-9-21-15-17(20)2/h3-6,9,14-15,18,22H,7-8,10-13H2,1-2H3,(H,21,23). The van der Waals surface area contributed by atoms with Gasteiger partial charge in [0.05, 0.1) is 0 Å². The van der Waals surface area contributed by atoms with E-state index >= 15 is 0 Å². The molecule has 3 rings (SSSR count). The van der Waals surface area contributed by atoms with Crippen LogP contribution >= 0.6 is 0 Å². The number of hydrogen-bond donors (Lipinski definition) is 2. The predicted molar refractivity (Wildman–Crippen MR) is 102 cm³/mol. The van der Waals surface area contributed by atoms with Crippen molar-refractivity contribution >= 4 is 11.4 Å². The summed E-state index contributed by atoms with van der Waals surface area (Å²) in [6.07, 6.45) is 6.16. The van der Waals surface area contributed by atoms with Gasteiger partial charge in [-0.15, -0.1) is 0 Å². The fourth-order valence-corrected chi connectivity index (χ4v) is 3.31. The van der Waals surface area contributed by atoms with E-state index in [1.165, 1.54) is 35.3 Å². The van der Waals surface area contributed by atoms with Crippen molar-refractivity contribution in [1.29, 1.82) is 0 Å². The molecule has 4 heteroatoms. The van der Waals surface area contributed by atoms with E-state index < -0.39 is 0 Å². The average Bonchev–Trinajstić information content (AvgIpc) is 2.61. The Morgan fingerprint density at radius 1 is 1.12 bits per heavy atom. The second kappa shape index (κ2) is 8.15. The number of hydrogen-bond acceptors (Lipinski definition) is 4. The molecule has 0 spiro atoms. The maximum Gasteiger partial charge on any atom is 0.0401 e. The zero-order chi connectivity index (χ0) is 16.8. The number of pyridine rings is 1. The number of aryl methyl sites for hydroxylation is 2. The van der Waals surface area contributed by atoms with E-state index in [9.17, 15) is 0 Å². The summed E-state index contributed by atoms with van der Waals surface area (Å²) in [7, 11) is 0. The largest absolute Gasteiger partial charge is 0.383 e. The van der Waals surface area contributed by atoms with Gasteiger partial charge >= 0.3 is 0 Å². The summed E-state index contributed by atoms with van der Waals surface area (Å²) >= 11 is 0. The summed E-state index contributed by atoms with van der Waals surface area (Å²) in [4.78, 5) is 6.63. The third kappa shape index (κ3) is 4.48. The van der Waals surface area contributed by atoms with Crippen LogP contribution in [0.15, 0.2) is 42.7 Å². The van der Waals surface area contributed by atoms with Gasteiger partial charge in [0.2, 0.25) is 0 Å². The smallest absolute Gasteiger partial charge is 0.0401 e. The molecule has 128 valence electrons. The van der Waals surface area contributed by atoms with E-state index in [0.29, 0.717) is 6.04 Å². The zero-order valence-corrected chi connectivity index (χ0v) is 14.8. The highest BCUT2D eigenvalue weighted by Gasteiger charge is 2.18. The van der Waals surface area contributed by atoms with Crippen LogP contribution in [0.4, 0.5) is 11.4 Å². The Balaban J connectivity index is 1.38. The molecule has 2 heterocycles. The fraction of sp³-hybridized carbons (Fsp3) is 0.450. The molecule has 1 fully saturated rings. The third-order valence-corrected chi connectivity index (χ3v) is 4.76. The highest BCUT2D eigenvalue weighted by molar-refractivity contribution is 5.49. The quantitative estimate of drug-likeness (QED) is 0.799. The van der Waals surface area contributed by atoms with E-state index in [0.717, 1.165) is 26.2 Å². The number of anilines is 2. The van der Waals surface area contributed by atoms with Gasteiger partial charge in [0.25, 0.3) is 0 Å². The first-order chi connectivity index (χ1) is 11.7. The Kier molecular flexibility index (Phi) is 5.70. The third-order valence-electron chi connectivity index (χ3n) is 4.76. The molecular weight excluding hydrogens is 296 g/mol. The highest BCUT2D eigenvalue weighted by Crippen LogP contribution is 2.20. The van der Waals surface area contributed by atoms with Crippen LogP contribution in [0.5, 0.6) is 0 Å². The minimum Gasteiger partial charge on any atom is -0.383 e. The van der Waals surface area contributed by atoms with E-state index in [-0.39, 0.29) is 0 Å². The Labute approximate surface area is 145 Å². The number of aromatic nitrogens is 1.